The Morgan fingerprint density at radius 3 is 2.32 bits per heavy atom. The van der Waals surface area contributed by atoms with Crippen LogP contribution in [0.2, 0.25) is 0 Å². The number of nitrogens with one attached hydrogen (secondary N) is 1. The van der Waals surface area contributed by atoms with E-state index < -0.39 is 9.84 Å². The van der Waals surface area contributed by atoms with E-state index in [0.29, 0.717) is 16.4 Å². The van der Waals surface area contributed by atoms with Crippen molar-refractivity contribution in [2.45, 2.75) is 23.8 Å². The highest BCUT2D eigenvalue weighted by Crippen LogP contribution is 2.37. The number of sulfone groups is 1. The first-order valence-corrected chi connectivity index (χ1v) is 8.06. The van der Waals surface area contributed by atoms with Crippen molar-refractivity contribution in [3.05, 3.63) is 17.7 Å². The molecule has 0 aromatic heterocycles. The van der Waals surface area contributed by atoms with Crippen molar-refractivity contribution < 1.29 is 17.9 Å². The molecule has 1 atom stereocenters. The molecule has 1 unspecified atom stereocenters. The number of ether oxygens (including phenoxy) is 2. The number of rotatable bonds is 4. The molecule has 0 aliphatic carbocycles. The van der Waals surface area contributed by atoms with Crippen LogP contribution in [0.25, 0.3) is 0 Å². The highest BCUT2D eigenvalue weighted by molar-refractivity contribution is 7.90. The highest BCUT2D eigenvalue weighted by Gasteiger charge is 2.25. The van der Waals surface area contributed by atoms with Crippen LogP contribution >= 0.6 is 0 Å². The smallest absolute Gasteiger partial charge is 0.175 e. The Labute approximate surface area is 113 Å². The normalized spacial score (nSPS) is 19.4. The van der Waals surface area contributed by atoms with E-state index in [0.717, 1.165) is 24.9 Å². The van der Waals surface area contributed by atoms with Crippen molar-refractivity contribution in [3.63, 3.8) is 0 Å². The maximum Gasteiger partial charge on any atom is 0.175 e. The van der Waals surface area contributed by atoms with E-state index in [1.165, 1.54) is 13.4 Å². The zero-order valence-electron chi connectivity index (χ0n) is 11.4. The first-order chi connectivity index (χ1) is 8.97. The van der Waals surface area contributed by atoms with Gasteiger partial charge < -0.3 is 14.8 Å². The number of benzene rings is 1. The number of methoxy groups -OCH3 is 2. The molecule has 1 aromatic rings. The lowest BCUT2D eigenvalue weighted by molar-refractivity contribution is 0.352. The zero-order valence-corrected chi connectivity index (χ0v) is 12.2. The fourth-order valence-electron chi connectivity index (χ4n) is 2.42. The van der Waals surface area contributed by atoms with Crippen molar-refractivity contribution in [2.24, 2.45) is 0 Å². The predicted octanol–water partition coefficient (Wildman–Crippen LogP) is 1.53. The van der Waals surface area contributed by atoms with Gasteiger partial charge >= 0.3 is 0 Å². The molecule has 0 bridgehead atoms. The largest absolute Gasteiger partial charge is 0.493 e. The molecule has 0 amide bonds. The van der Waals surface area contributed by atoms with Gasteiger partial charge in [0.25, 0.3) is 0 Å². The van der Waals surface area contributed by atoms with Gasteiger partial charge in [0.15, 0.2) is 21.3 Å². The van der Waals surface area contributed by atoms with Gasteiger partial charge in [-0.25, -0.2) is 8.42 Å². The Morgan fingerprint density at radius 1 is 1.21 bits per heavy atom. The highest BCUT2D eigenvalue weighted by atomic mass is 32.2. The van der Waals surface area contributed by atoms with Gasteiger partial charge in [0.1, 0.15) is 0 Å². The van der Waals surface area contributed by atoms with Crippen LogP contribution < -0.4 is 14.8 Å². The molecule has 1 heterocycles. The topological polar surface area (TPSA) is 64.6 Å². The molecule has 19 heavy (non-hydrogen) atoms. The Bertz CT molecular complexity index is 562. The van der Waals surface area contributed by atoms with Crippen molar-refractivity contribution in [2.75, 3.05) is 27.0 Å². The van der Waals surface area contributed by atoms with Crippen LogP contribution in [0.4, 0.5) is 0 Å². The summed E-state index contributed by atoms with van der Waals surface area (Å²) in [6, 6.07) is 3.37. The molecule has 1 aliphatic rings. The summed E-state index contributed by atoms with van der Waals surface area (Å²) in [7, 11) is -0.261. The van der Waals surface area contributed by atoms with Gasteiger partial charge in [-0.2, -0.15) is 0 Å². The minimum absolute atomic E-state index is 0.0598. The summed E-state index contributed by atoms with van der Waals surface area (Å²) >= 11 is 0. The first kappa shape index (κ1) is 14.1. The fraction of sp³-hybridized carbons (Fsp3) is 0.538. The molecule has 106 valence electrons. The van der Waals surface area contributed by atoms with Crippen LogP contribution in [0.3, 0.4) is 0 Å². The third-order valence-electron chi connectivity index (χ3n) is 3.35. The molecular weight excluding hydrogens is 266 g/mol. The molecule has 1 N–H and O–H groups in total. The Hall–Kier alpha value is -1.27. The monoisotopic (exact) mass is 285 g/mol. The van der Waals surface area contributed by atoms with Crippen LogP contribution in [0.5, 0.6) is 11.5 Å². The van der Waals surface area contributed by atoms with Gasteiger partial charge in [-0.3, -0.25) is 0 Å². The van der Waals surface area contributed by atoms with Gasteiger partial charge in [-0.1, -0.05) is 0 Å². The Morgan fingerprint density at radius 2 is 1.84 bits per heavy atom. The average Bonchev–Trinajstić information content (AvgIpc) is 2.89. The minimum atomic E-state index is -3.30. The number of hydrogen-bond donors (Lipinski definition) is 1. The summed E-state index contributed by atoms with van der Waals surface area (Å²) in [5.41, 5.74) is 0.762. The lowest BCUT2D eigenvalue weighted by Crippen LogP contribution is -2.16. The standard InChI is InChI=1S/C13H19NO4S/c1-17-11-7-9(10-5-4-6-14-10)13(19(3,15)16)8-12(11)18-2/h7-8,10,14H,4-6H2,1-3H3. The second-order valence-corrected chi connectivity index (χ2v) is 6.65. The molecule has 6 heteroatoms. The second-order valence-electron chi connectivity index (χ2n) is 4.67. The van der Waals surface area contributed by atoms with E-state index in [9.17, 15) is 8.42 Å². The third-order valence-corrected chi connectivity index (χ3v) is 4.50. The molecule has 1 saturated heterocycles. The van der Waals surface area contributed by atoms with Crippen LogP contribution in [-0.4, -0.2) is 35.4 Å². The fourth-order valence-corrected chi connectivity index (χ4v) is 3.37. The summed E-state index contributed by atoms with van der Waals surface area (Å²) in [6.45, 7) is 0.905. The van der Waals surface area contributed by atoms with Crippen LogP contribution in [0.15, 0.2) is 17.0 Å². The molecule has 0 saturated carbocycles. The summed E-state index contributed by atoms with van der Waals surface area (Å²) in [4.78, 5) is 0.310. The minimum Gasteiger partial charge on any atom is -0.493 e. The maximum atomic E-state index is 12.0. The van der Waals surface area contributed by atoms with Crippen molar-refractivity contribution in [1.82, 2.24) is 5.32 Å². The van der Waals surface area contributed by atoms with E-state index in [1.54, 1.807) is 19.2 Å². The Kier molecular flexibility index (Phi) is 4.01. The molecule has 1 aliphatic heterocycles. The van der Waals surface area contributed by atoms with Gasteiger partial charge in [0.05, 0.1) is 19.1 Å². The Balaban J connectivity index is 2.61. The first-order valence-electron chi connectivity index (χ1n) is 6.16. The lowest BCUT2D eigenvalue weighted by atomic mass is 10.0. The van der Waals surface area contributed by atoms with Crippen LogP contribution in [-0.2, 0) is 9.84 Å². The molecular formula is C13H19NO4S. The SMILES string of the molecule is COc1cc(C2CCCN2)c(S(C)(=O)=O)cc1OC. The maximum absolute atomic E-state index is 12.0. The van der Waals surface area contributed by atoms with Gasteiger partial charge in [0, 0.05) is 18.4 Å². The van der Waals surface area contributed by atoms with Crippen molar-refractivity contribution in [3.8, 4) is 11.5 Å². The molecule has 1 aromatic carbocycles. The molecule has 0 spiro atoms. The average molecular weight is 285 g/mol. The van der Waals surface area contributed by atoms with E-state index in [1.807, 2.05) is 0 Å². The molecule has 2 rings (SSSR count). The molecule has 0 radical (unpaired) electrons. The second kappa shape index (κ2) is 5.38. The van der Waals surface area contributed by atoms with E-state index in [2.05, 4.69) is 5.32 Å². The molecule has 1 fully saturated rings. The summed E-state index contributed by atoms with van der Waals surface area (Å²) in [5, 5.41) is 3.31. The lowest BCUT2D eigenvalue weighted by Gasteiger charge is -2.18. The predicted molar refractivity (Wildman–Crippen MR) is 72.6 cm³/mol. The third kappa shape index (κ3) is 2.84. The van der Waals surface area contributed by atoms with Crippen LogP contribution in [0, 0.1) is 0 Å². The van der Waals surface area contributed by atoms with Gasteiger partial charge in [-0.05, 0) is 31.0 Å². The van der Waals surface area contributed by atoms with E-state index in [4.69, 9.17) is 9.47 Å². The van der Waals surface area contributed by atoms with E-state index >= 15 is 0 Å². The number of hydrogen-bond acceptors (Lipinski definition) is 5. The van der Waals surface area contributed by atoms with Crippen molar-refractivity contribution >= 4 is 9.84 Å². The van der Waals surface area contributed by atoms with Gasteiger partial charge in [0.2, 0.25) is 0 Å². The summed E-state index contributed by atoms with van der Waals surface area (Å²) in [6.07, 6.45) is 3.19. The van der Waals surface area contributed by atoms with E-state index in [-0.39, 0.29) is 6.04 Å². The van der Waals surface area contributed by atoms with Crippen LogP contribution in [0.1, 0.15) is 24.4 Å². The molecule has 5 nitrogen and oxygen atoms in total. The summed E-state index contributed by atoms with van der Waals surface area (Å²) < 4.78 is 34.3. The summed E-state index contributed by atoms with van der Waals surface area (Å²) in [5.74, 6) is 0.989. The van der Waals surface area contributed by atoms with Crippen molar-refractivity contribution in [1.29, 1.82) is 0 Å². The van der Waals surface area contributed by atoms with Gasteiger partial charge in [-0.15, -0.1) is 0 Å². The quantitative estimate of drug-likeness (QED) is 0.909. The zero-order chi connectivity index (χ0) is 14.0.